The lowest BCUT2D eigenvalue weighted by atomic mass is 9.98. The van der Waals surface area contributed by atoms with Crippen molar-refractivity contribution in [3.63, 3.8) is 0 Å². The number of hydrogen-bond donors (Lipinski definition) is 1. The van der Waals surface area contributed by atoms with Gasteiger partial charge in [-0.2, -0.15) is 0 Å². The zero-order chi connectivity index (χ0) is 13.1. The number of likely N-dealkylation sites (tertiary alicyclic amines) is 1. The van der Waals surface area contributed by atoms with Crippen LogP contribution in [0.3, 0.4) is 0 Å². The van der Waals surface area contributed by atoms with Gasteiger partial charge in [-0.25, -0.2) is 0 Å². The molecule has 0 aromatic carbocycles. The Bertz CT molecular complexity index is 220. The van der Waals surface area contributed by atoms with Crippen molar-refractivity contribution in [3.8, 4) is 0 Å². The van der Waals surface area contributed by atoms with Gasteiger partial charge in [0, 0.05) is 32.8 Å². The molecule has 1 saturated heterocycles. The Kier molecular flexibility index (Phi) is 5.42. The third-order valence-electron chi connectivity index (χ3n) is 4.32. The maximum atomic E-state index is 5.63. The lowest BCUT2D eigenvalue weighted by Gasteiger charge is -2.36. The largest absolute Gasteiger partial charge is 0.377 e. The SMILES string of the molecule is CCNC(CN1CC(C)C(C)C1)C(C)(C)OC. The van der Waals surface area contributed by atoms with E-state index < -0.39 is 0 Å². The van der Waals surface area contributed by atoms with Gasteiger partial charge >= 0.3 is 0 Å². The quantitative estimate of drug-likeness (QED) is 0.771. The van der Waals surface area contributed by atoms with Gasteiger partial charge in [0.2, 0.25) is 0 Å². The standard InChI is InChI=1S/C14H30N2O/c1-7-15-13(14(4,5)17-6)10-16-8-11(2)12(3)9-16/h11-13,15H,7-10H2,1-6H3. The second-order valence-electron chi connectivity index (χ2n) is 6.09. The highest BCUT2D eigenvalue weighted by atomic mass is 16.5. The zero-order valence-electron chi connectivity index (χ0n) is 12.4. The number of methoxy groups -OCH3 is 1. The van der Waals surface area contributed by atoms with Crippen LogP contribution >= 0.6 is 0 Å². The highest BCUT2D eigenvalue weighted by molar-refractivity contribution is 4.90. The normalized spacial score (nSPS) is 28.6. The van der Waals surface area contributed by atoms with E-state index in [9.17, 15) is 0 Å². The molecule has 1 fully saturated rings. The Morgan fingerprint density at radius 1 is 1.29 bits per heavy atom. The minimum absolute atomic E-state index is 0.106. The Morgan fingerprint density at radius 3 is 2.24 bits per heavy atom. The van der Waals surface area contributed by atoms with Crippen LogP contribution in [0.1, 0.15) is 34.6 Å². The third kappa shape index (κ3) is 3.94. The minimum atomic E-state index is -0.106. The fourth-order valence-corrected chi connectivity index (χ4v) is 2.58. The predicted molar refractivity (Wildman–Crippen MR) is 73.3 cm³/mol. The Hall–Kier alpha value is -0.120. The number of hydrogen-bond acceptors (Lipinski definition) is 3. The van der Waals surface area contributed by atoms with Crippen molar-refractivity contribution >= 4 is 0 Å². The summed E-state index contributed by atoms with van der Waals surface area (Å²) in [7, 11) is 1.81. The average Bonchev–Trinajstić information content (AvgIpc) is 2.57. The molecule has 102 valence electrons. The molecule has 3 nitrogen and oxygen atoms in total. The molecule has 3 unspecified atom stereocenters. The number of nitrogens with zero attached hydrogens (tertiary/aromatic N) is 1. The molecular weight excluding hydrogens is 212 g/mol. The van der Waals surface area contributed by atoms with Gasteiger partial charge in [0.25, 0.3) is 0 Å². The number of likely N-dealkylation sites (N-methyl/N-ethyl adjacent to an activating group) is 1. The first-order valence-electron chi connectivity index (χ1n) is 6.91. The van der Waals surface area contributed by atoms with E-state index in [0.29, 0.717) is 6.04 Å². The van der Waals surface area contributed by atoms with Crippen LogP contribution in [0.5, 0.6) is 0 Å². The fraction of sp³-hybridized carbons (Fsp3) is 1.00. The zero-order valence-corrected chi connectivity index (χ0v) is 12.4. The fourth-order valence-electron chi connectivity index (χ4n) is 2.58. The number of nitrogens with one attached hydrogen (secondary N) is 1. The first kappa shape index (κ1) is 14.9. The van der Waals surface area contributed by atoms with Crippen molar-refractivity contribution < 1.29 is 4.74 Å². The van der Waals surface area contributed by atoms with Crippen molar-refractivity contribution in [2.75, 3.05) is 33.3 Å². The van der Waals surface area contributed by atoms with Gasteiger partial charge in [0.05, 0.1) is 5.60 Å². The monoisotopic (exact) mass is 242 g/mol. The number of ether oxygens (including phenoxy) is 1. The molecule has 0 spiro atoms. The Labute approximate surface area is 107 Å². The molecule has 3 heteroatoms. The summed E-state index contributed by atoms with van der Waals surface area (Å²) in [5.74, 6) is 1.64. The first-order chi connectivity index (χ1) is 7.90. The summed E-state index contributed by atoms with van der Waals surface area (Å²) in [4.78, 5) is 2.57. The molecule has 3 atom stereocenters. The molecule has 0 aromatic heterocycles. The molecule has 0 saturated carbocycles. The van der Waals surface area contributed by atoms with E-state index in [0.717, 1.165) is 24.9 Å². The van der Waals surface area contributed by atoms with Crippen LogP contribution in [0.15, 0.2) is 0 Å². The lowest BCUT2D eigenvalue weighted by molar-refractivity contribution is -0.0181. The molecule has 0 aliphatic carbocycles. The van der Waals surface area contributed by atoms with Gasteiger partial charge in [-0.3, -0.25) is 0 Å². The van der Waals surface area contributed by atoms with Crippen LogP contribution in [-0.4, -0.2) is 49.8 Å². The maximum Gasteiger partial charge on any atom is 0.0787 e. The van der Waals surface area contributed by atoms with Crippen LogP contribution in [-0.2, 0) is 4.74 Å². The lowest BCUT2D eigenvalue weighted by Crippen LogP contribution is -2.54. The molecule has 0 amide bonds. The smallest absolute Gasteiger partial charge is 0.0787 e. The van der Waals surface area contributed by atoms with Gasteiger partial charge in [0.1, 0.15) is 0 Å². The maximum absolute atomic E-state index is 5.63. The minimum Gasteiger partial charge on any atom is -0.377 e. The van der Waals surface area contributed by atoms with Crippen LogP contribution in [0, 0.1) is 11.8 Å². The van der Waals surface area contributed by atoms with Gasteiger partial charge in [0.15, 0.2) is 0 Å². The highest BCUT2D eigenvalue weighted by Gasteiger charge is 2.33. The topological polar surface area (TPSA) is 24.5 Å². The molecule has 1 aliphatic rings. The van der Waals surface area contributed by atoms with E-state index in [4.69, 9.17) is 4.74 Å². The second kappa shape index (κ2) is 6.17. The summed E-state index contributed by atoms with van der Waals surface area (Å²) in [6.07, 6.45) is 0. The van der Waals surface area contributed by atoms with E-state index in [1.807, 2.05) is 0 Å². The van der Waals surface area contributed by atoms with Crippen LogP contribution in [0.2, 0.25) is 0 Å². The van der Waals surface area contributed by atoms with Gasteiger partial charge < -0.3 is 15.0 Å². The molecule has 0 radical (unpaired) electrons. The molecule has 1 N–H and O–H groups in total. The third-order valence-corrected chi connectivity index (χ3v) is 4.32. The van der Waals surface area contributed by atoms with Crippen molar-refractivity contribution in [3.05, 3.63) is 0 Å². The molecule has 1 rings (SSSR count). The molecule has 0 aromatic rings. The highest BCUT2D eigenvalue weighted by Crippen LogP contribution is 2.24. The van der Waals surface area contributed by atoms with Gasteiger partial charge in [-0.05, 0) is 32.2 Å². The second-order valence-corrected chi connectivity index (χ2v) is 6.09. The van der Waals surface area contributed by atoms with Crippen LogP contribution < -0.4 is 5.32 Å². The van der Waals surface area contributed by atoms with E-state index in [1.165, 1.54) is 13.1 Å². The molecule has 17 heavy (non-hydrogen) atoms. The van der Waals surface area contributed by atoms with Crippen LogP contribution in [0.25, 0.3) is 0 Å². The Balaban J connectivity index is 2.56. The molecular formula is C14H30N2O. The molecule has 1 heterocycles. The van der Waals surface area contributed by atoms with E-state index >= 15 is 0 Å². The number of rotatable bonds is 6. The van der Waals surface area contributed by atoms with E-state index in [1.54, 1.807) is 7.11 Å². The Morgan fingerprint density at radius 2 is 1.82 bits per heavy atom. The molecule has 0 bridgehead atoms. The van der Waals surface area contributed by atoms with Crippen molar-refractivity contribution in [1.29, 1.82) is 0 Å². The summed E-state index contributed by atoms with van der Waals surface area (Å²) in [5, 5.41) is 3.56. The van der Waals surface area contributed by atoms with Crippen molar-refractivity contribution in [1.82, 2.24) is 10.2 Å². The summed E-state index contributed by atoms with van der Waals surface area (Å²) < 4.78 is 5.63. The van der Waals surface area contributed by atoms with Gasteiger partial charge in [-0.15, -0.1) is 0 Å². The summed E-state index contributed by atoms with van der Waals surface area (Å²) in [6.45, 7) is 15.7. The first-order valence-corrected chi connectivity index (χ1v) is 6.91. The van der Waals surface area contributed by atoms with Crippen molar-refractivity contribution in [2.45, 2.75) is 46.3 Å². The van der Waals surface area contributed by atoms with E-state index in [-0.39, 0.29) is 5.60 Å². The summed E-state index contributed by atoms with van der Waals surface area (Å²) >= 11 is 0. The van der Waals surface area contributed by atoms with Crippen molar-refractivity contribution in [2.24, 2.45) is 11.8 Å². The summed E-state index contributed by atoms with van der Waals surface area (Å²) in [5.41, 5.74) is -0.106. The summed E-state index contributed by atoms with van der Waals surface area (Å²) in [6, 6.07) is 0.398. The van der Waals surface area contributed by atoms with Gasteiger partial charge in [-0.1, -0.05) is 20.8 Å². The van der Waals surface area contributed by atoms with E-state index in [2.05, 4.69) is 44.8 Å². The predicted octanol–water partition coefficient (Wildman–Crippen LogP) is 1.98. The van der Waals surface area contributed by atoms with Crippen LogP contribution in [0.4, 0.5) is 0 Å². The molecule has 1 aliphatic heterocycles. The average molecular weight is 242 g/mol.